The summed E-state index contributed by atoms with van der Waals surface area (Å²) < 4.78 is 6.96. The van der Waals surface area contributed by atoms with Gasteiger partial charge in [-0.15, -0.1) is 0 Å². The SMILES string of the molecule is COc1ccc(/C=[N+]2/CCC([S-])=N2)cc1. The summed E-state index contributed by atoms with van der Waals surface area (Å²) in [6.07, 6.45) is 2.86. The van der Waals surface area contributed by atoms with E-state index in [9.17, 15) is 0 Å². The van der Waals surface area contributed by atoms with E-state index in [0.29, 0.717) is 0 Å². The van der Waals surface area contributed by atoms with Crippen molar-refractivity contribution in [2.24, 2.45) is 5.10 Å². The monoisotopic (exact) mass is 220 g/mol. The third-order valence-electron chi connectivity index (χ3n) is 2.21. The average Bonchev–Trinajstić information content (AvgIpc) is 2.65. The average molecular weight is 220 g/mol. The van der Waals surface area contributed by atoms with E-state index in [0.717, 1.165) is 29.3 Å². The van der Waals surface area contributed by atoms with Gasteiger partial charge in [-0.1, -0.05) is 4.68 Å². The molecule has 0 amide bonds. The third-order valence-corrected chi connectivity index (χ3v) is 2.49. The van der Waals surface area contributed by atoms with E-state index < -0.39 is 0 Å². The Morgan fingerprint density at radius 1 is 1.40 bits per heavy atom. The van der Waals surface area contributed by atoms with E-state index in [1.165, 1.54) is 0 Å². The minimum atomic E-state index is 0.778. The fraction of sp³-hybridized carbons (Fsp3) is 0.273. The molecule has 2 rings (SSSR count). The van der Waals surface area contributed by atoms with E-state index in [4.69, 9.17) is 17.4 Å². The molecule has 15 heavy (non-hydrogen) atoms. The molecule has 3 nitrogen and oxygen atoms in total. The van der Waals surface area contributed by atoms with Gasteiger partial charge in [0.05, 0.1) is 7.11 Å². The highest BCUT2D eigenvalue weighted by molar-refractivity contribution is 7.77. The lowest BCUT2D eigenvalue weighted by Crippen LogP contribution is -2.02. The molecule has 0 aromatic heterocycles. The molecule has 0 N–H and O–H groups in total. The lowest BCUT2D eigenvalue weighted by Gasteiger charge is -1.97. The molecule has 1 aliphatic heterocycles. The highest BCUT2D eigenvalue weighted by Gasteiger charge is 2.09. The van der Waals surface area contributed by atoms with Gasteiger partial charge in [0.2, 0.25) is 6.21 Å². The molecule has 1 aliphatic rings. The first-order valence-corrected chi connectivity index (χ1v) is 5.19. The van der Waals surface area contributed by atoms with Gasteiger partial charge in [0.15, 0.2) is 6.54 Å². The molecule has 0 atom stereocenters. The van der Waals surface area contributed by atoms with Crippen molar-refractivity contribution in [2.75, 3.05) is 13.7 Å². The van der Waals surface area contributed by atoms with Gasteiger partial charge in [-0.2, -0.15) is 0 Å². The first-order chi connectivity index (χ1) is 7.28. The molecule has 0 aliphatic carbocycles. The maximum absolute atomic E-state index is 5.08. The van der Waals surface area contributed by atoms with Crippen molar-refractivity contribution in [2.45, 2.75) is 6.42 Å². The second kappa shape index (κ2) is 4.40. The van der Waals surface area contributed by atoms with Crippen molar-refractivity contribution in [3.05, 3.63) is 29.8 Å². The summed E-state index contributed by atoms with van der Waals surface area (Å²) in [5, 5.41) is 4.98. The molecular formula is C11H12N2OS. The van der Waals surface area contributed by atoms with Crippen LogP contribution < -0.4 is 4.74 Å². The molecule has 0 unspecified atom stereocenters. The standard InChI is InChI=1S/C11H12N2OS/c1-14-10-4-2-9(3-5-10)8-13-7-6-11(15)12-13/h2-5,8H,6-7H2,1H3/b13-8-. The van der Waals surface area contributed by atoms with Gasteiger partial charge in [0.25, 0.3) is 0 Å². The lowest BCUT2D eigenvalue weighted by atomic mass is 10.2. The molecule has 0 saturated heterocycles. The van der Waals surface area contributed by atoms with Crippen molar-refractivity contribution in [1.29, 1.82) is 0 Å². The molecule has 78 valence electrons. The van der Waals surface area contributed by atoms with Crippen LogP contribution in [-0.2, 0) is 12.6 Å². The molecular weight excluding hydrogens is 208 g/mol. The van der Waals surface area contributed by atoms with Crippen LogP contribution in [-0.4, -0.2) is 29.6 Å². The Morgan fingerprint density at radius 3 is 2.67 bits per heavy atom. The Kier molecular flexibility index (Phi) is 2.97. The normalized spacial score (nSPS) is 17.9. The van der Waals surface area contributed by atoms with Crippen LogP contribution >= 0.6 is 0 Å². The van der Waals surface area contributed by atoms with Crippen molar-refractivity contribution in [3.63, 3.8) is 0 Å². The van der Waals surface area contributed by atoms with Crippen LogP contribution in [0, 0.1) is 0 Å². The third kappa shape index (κ3) is 2.53. The van der Waals surface area contributed by atoms with Gasteiger partial charge in [0.1, 0.15) is 5.75 Å². The van der Waals surface area contributed by atoms with Crippen LogP contribution in [0.5, 0.6) is 5.75 Å². The van der Waals surface area contributed by atoms with Crippen LogP contribution in [0.3, 0.4) is 0 Å². The summed E-state index contributed by atoms with van der Waals surface area (Å²) in [6.45, 7) is 0.880. The minimum Gasteiger partial charge on any atom is -0.759 e. The quantitative estimate of drug-likeness (QED) is 0.556. The van der Waals surface area contributed by atoms with Crippen LogP contribution in [0.1, 0.15) is 12.0 Å². The fourth-order valence-electron chi connectivity index (χ4n) is 1.41. The maximum atomic E-state index is 5.08. The topological polar surface area (TPSA) is 24.6 Å². The number of benzene rings is 1. The summed E-state index contributed by atoms with van der Waals surface area (Å²) in [6, 6.07) is 7.85. The van der Waals surface area contributed by atoms with Gasteiger partial charge < -0.3 is 17.4 Å². The van der Waals surface area contributed by atoms with Crippen LogP contribution in [0.15, 0.2) is 29.4 Å². The largest absolute Gasteiger partial charge is 0.759 e. The zero-order valence-corrected chi connectivity index (χ0v) is 9.33. The van der Waals surface area contributed by atoms with E-state index >= 15 is 0 Å². The van der Waals surface area contributed by atoms with Crippen molar-refractivity contribution in [3.8, 4) is 5.75 Å². The maximum Gasteiger partial charge on any atom is 0.203 e. The zero-order valence-electron chi connectivity index (χ0n) is 8.51. The molecule has 1 aromatic rings. The number of methoxy groups -OCH3 is 1. The number of ether oxygens (including phenoxy) is 1. The molecule has 0 bridgehead atoms. The van der Waals surface area contributed by atoms with Crippen LogP contribution in [0.2, 0.25) is 0 Å². The van der Waals surface area contributed by atoms with E-state index in [1.54, 1.807) is 7.11 Å². The molecule has 0 fully saturated rings. The van der Waals surface area contributed by atoms with E-state index in [2.05, 4.69) is 5.10 Å². The molecule has 0 spiro atoms. The highest BCUT2D eigenvalue weighted by Crippen LogP contribution is 2.10. The van der Waals surface area contributed by atoms with E-state index in [-0.39, 0.29) is 0 Å². The first-order valence-electron chi connectivity index (χ1n) is 4.78. The Balaban J connectivity index is 2.17. The number of hydrogen-bond donors (Lipinski definition) is 0. The Bertz CT molecular complexity index is 409. The molecule has 0 radical (unpaired) electrons. The second-order valence-corrected chi connectivity index (χ2v) is 3.78. The fourth-order valence-corrected chi connectivity index (χ4v) is 1.61. The van der Waals surface area contributed by atoms with E-state index in [1.807, 2.05) is 35.2 Å². The Hall–Kier alpha value is -1.42. The van der Waals surface area contributed by atoms with Crippen LogP contribution in [0.4, 0.5) is 0 Å². The number of nitrogens with zero attached hydrogens (tertiary/aromatic N) is 2. The number of rotatable bonds is 2. The van der Waals surface area contributed by atoms with Gasteiger partial charge in [-0.3, -0.25) is 0 Å². The molecule has 1 heterocycles. The lowest BCUT2D eigenvalue weighted by molar-refractivity contribution is -0.517. The molecule has 0 saturated carbocycles. The van der Waals surface area contributed by atoms with Gasteiger partial charge in [-0.05, 0) is 34.4 Å². The summed E-state index contributed by atoms with van der Waals surface area (Å²) in [7, 11) is 1.66. The van der Waals surface area contributed by atoms with Crippen LogP contribution in [0.25, 0.3) is 0 Å². The molecule has 4 heteroatoms. The highest BCUT2D eigenvalue weighted by atomic mass is 32.1. The van der Waals surface area contributed by atoms with Gasteiger partial charge >= 0.3 is 0 Å². The van der Waals surface area contributed by atoms with Gasteiger partial charge in [-0.25, -0.2) is 0 Å². The zero-order chi connectivity index (χ0) is 10.7. The smallest absolute Gasteiger partial charge is 0.203 e. The van der Waals surface area contributed by atoms with Crippen molar-refractivity contribution < 1.29 is 9.42 Å². The summed E-state index contributed by atoms with van der Waals surface area (Å²) in [5.74, 6) is 0.862. The summed E-state index contributed by atoms with van der Waals surface area (Å²) in [4.78, 5) is 0. The predicted molar refractivity (Wildman–Crippen MR) is 62.7 cm³/mol. The molecule has 1 aromatic carbocycles. The Morgan fingerprint density at radius 2 is 2.13 bits per heavy atom. The summed E-state index contributed by atoms with van der Waals surface area (Å²) in [5.41, 5.74) is 1.10. The van der Waals surface area contributed by atoms with Crippen molar-refractivity contribution >= 4 is 23.9 Å². The first kappa shape index (κ1) is 10.1. The predicted octanol–water partition coefficient (Wildman–Crippen LogP) is 1.39. The van der Waals surface area contributed by atoms with Gasteiger partial charge in [0, 0.05) is 12.0 Å². The number of hydrogen-bond acceptors (Lipinski definition) is 3. The summed E-state index contributed by atoms with van der Waals surface area (Å²) >= 11 is 5.00. The minimum absolute atomic E-state index is 0.778. The Labute approximate surface area is 94.5 Å². The second-order valence-electron chi connectivity index (χ2n) is 3.31. The van der Waals surface area contributed by atoms with Crippen molar-refractivity contribution in [1.82, 2.24) is 0 Å². The number of hydrazone groups is 1.